The number of hydrogen-bond donors (Lipinski definition) is 2. The Morgan fingerprint density at radius 1 is 1.04 bits per heavy atom. The molecule has 0 aromatic heterocycles. The quantitative estimate of drug-likeness (QED) is 0.803. The van der Waals surface area contributed by atoms with Crippen molar-refractivity contribution in [2.24, 2.45) is 0 Å². The van der Waals surface area contributed by atoms with Gasteiger partial charge < -0.3 is 15.4 Å². The van der Waals surface area contributed by atoms with E-state index in [-0.39, 0.29) is 18.6 Å². The van der Waals surface area contributed by atoms with Crippen molar-refractivity contribution in [3.05, 3.63) is 65.0 Å². The van der Waals surface area contributed by atoms with Crippen molar-refractivity contribution in [1.82, 2.24) is 10.6 Å². The average molecular weight is 316 g/mol. The summed E-state index contributed by atoms with van der Waals surface area (Å²) in [5, 5.41) is 5.36. The molecule has 0 aliphatic heterocycles. The van der Waals surface area contributed by atoms with E-state index in [4.69, 9.17) is 4.74 Å². The molecule has 122 valence electrons. The Balaban J connectivity index is 1.65. The first-order valence-corrected chi connectivity index (χ1v) is 7.51. The van der Waals surface area contributed by atoms with Crippen LogP contribution in [0.15, 0.2) is 42.5 Å². The maximum absolute atomic E-state index is 12.8. The summed E-state index contributed by atoms with van der Waals surface area (Å²) in [6.07, 6.45) is 0.645. The average Bonchev–Trinajstić information content (AvgIpc) is 2.53. The highest BCUT2D eigenvalue weighted by atomic mass is 19.1. The van der Waals surface area contributed by atoms with Gasteiger partial charge in [0.15, 0.2) is 6.73 Å². The number of aryl methyl sites for hydroxylation is 2. The van der Waals surface area contributed by atoms with Crippen molar-refractivity contribution in [3.63, 3.8) is 0 Å². The monoisotopic (exact) mass is 316 g/mol. The molecule has 0 unspecified atom stereocenters. The van der Waals surface area contributed by atoms with E-state index < -0.39 is 0 Å². The van der Waals surface area contributed by atoms with Gasteiger partial charge in [-0.25, -0.2) is 9.18 Å². The maximum atomic E-state index is 12.8. The summed E-state index contributed by atoms with van der Waals surface area (Å²) in [7, 11) is 0. The van der Waals surface area contributed by atoms with Gasteiger partial charge in [0.25, 0.3) is 0 Å². The summed E-state index contributed by atoms with van der Waals surface area (Å²) in [6.45, 7) is 4.62. The van der Waals surface area contributed by atoms with E-state index in [0.29, 0.717) is 13.0 Å². The Bertz CT molecular complexity index is 657. The largest absolute Gasteiger partial charge is 0.473 e. The van der Waals surface area contributed by atoms with Crippen molar-refractivity contribution < 1.29 is 13.9 Å². The lowest BCUT2D eigenvalue weighted by Crippen LogP contribution is -2.38. The fraction of sp³-hybridized carbons (Fsp3) is 0.278. The summed E-state index contributed by atoms with van der Waals surface area (Å²) < 4.78 is 18.2. The van der Waals surface area contributed by atoms with Crippen LogP contribution in [0.4, 0.5) is 9.18 Å². The predicted octanol–water partition coefficient (Wildman–Crippen LogP) is 3.32. The molecule has 0 aliphatic carbocycles. The molecule has 0 saturated heterocycles. The van der Waals surface area contributed by atoms with Crippen molar-refractivity contribution in [2.45, 2.75) is 20.3 Å². The molecular formula is C18H21FN2O2. The lowest BCUT2D eigenvalue weighted by Gasteiger charge is -2.10. The van der Waals surface area contributed by atoms with Crippen molar-refractivity contribution in [1.29, 1.82) is 0 Å². The zero-order valence-electron chi connectivity index (χ0n) is 13.4. The van der Waals surface area contributed by atoms with Crippen LogP contribution in [-0.2, 0) is 6.42 Å². The van der Waals surface area contributed by atoms with Gasteiger partial charge in [0.05, 0.1) is 0 Å². The minimum Gasteiger partial charge on any atom is -0.473 e. The number of halogens is 1. The second kappa shape index (κ2) is 8.17. The van der Waals surface area contributed by atoms with Crippen LogP contribution in [0.2, 0.25) is 0 Å². The van der Waals surface area contributed by atoms with Gasteiger partial charge in [0.2, 0.25) is 0 Å². The number of ether oxygens (including phenoxy) is 1. The standard InChI is InChI=1S/C18H21FN2O2/c1-13-3-8-17(11-14(13)2)23-12-21-18(22)20-10-9-15-4-6-16(19)7-5-15/h3-8,11H,9-10,12H2,1-2H3,(H2,20,21,22). The van der Waals surface area contributed by atoms with Crippen LogP contribution < -0.4 is 15.4 Å². The highest BCUT2D eigenvalue weighted by molar-refractivity contribution is 5.73. The van der Waals surface area contributed by atoms with Crippen LogP contribution in [0.5, 0.6) is 5.75 Å². The molecular weight excluding hydrogens is 295 g/mol. The second-order valence-corrected chi connectivity index (χ2v) is 5.34. The molecule has 23 heavy (non-hydrogen) atoms. The van der Waals surface area contributed by atoms with E-state index in [9.17, 15) is 9.18 Å². The number of benzene rings is 2. The van der Waals surface area contributed by atoms with E-state index in [2.05, 4.69) is 10.6 Å². The molecule has 2 amide bonds. The number of urea groups is 1. The Morgan fingerprint density at radius 2 is 1.78 bits per heavy atom. The molecule has 4 nitrogen and oxygen atoms in total. The normalized spacial score (nSPS) is 10.2. The molecule has 2 N–H and O–H groups in total. The fourth-order valence-corrected chi connectivity index (χ4v) is 2.02. The molecule has 2 aromatic carbocycles. The van der Waals surface area contributed by atoms with Gasteiger partial charge in [-0.1, -0.05) is 18.2 Å². The number of carbonyl (C=O) groups is 1. The number of rotatable bonds is 6. The summed E-state index contributed by atoms with van der Waals surface area (Å²) in [5.74, 6) is 0.461. The third kappa shape index (κ3) is 5.62. The summed E-state index contributed by atoms with van der Waals surface area (Å²) in [6, 6.07) is 11.7. The smallest absolute Gasteiger partial charge is 0.317 e. The summed E-state index contributed by atoms with van der Waals surface area (Å²) >= 11 is 0. The molecule has 0 atom stereocenters. The van der Waals surface area contributed by atoms with Crippen LogP contribution in [0.1, 0.15) is 16.7 Å². The topological polar surface area (TPSA) is 50.4 Å². The van der Waals surface area contributed by atoms with Crippen molar-refractivity contribution in [2.75, 3.05) is 13.3 Å². The number of hydrogen-bond acceptors (Lipinski definition) is 2. The summed E-state index contributed by atoms with van der Waals surface area (Å²) in [4.78, 5) is 11.6. The number of carbonyl (C=O) groups excluding carboxylic acids is 1. The fourth-order valence-electron chi connectivity index (χ4n) is 2.02. The third-order valence-corrected chi connectivity index (χ3v) is 3.56. The second-order valence-electron chi connectivity index (χ2n) is 5.34. The van der Waals surface area contributed by atoms with Crippen LogP contribution >= 0.6 is 0 Å². The molecule has 0 spiro atoms. The first-order valence-electron chi connectivity index (χ1n) is 7.51. The lowest BCUT2D eigenvalue weighted by molar-refractivity contribution is 0.224. The van der Waals surface area contributed by atoms with E-state index in [1.165, 1.54) is 17.7 Å². The van der Waals surface area contributed by atoms with Gasteiger partial charge >= 0.3 is 6.03 Å². The molecule has 0 aliphatic rings. The molecule has 0 bridgehead atoms. The van der Waals surface area contributed by atoms with Gasteiger partial charge in [0, 0.05) is 6.54 Å². The van der Waals surface area contributed by atoms with Gasteiger partial charge in [-0.2, -0.15) is 0 Å². The van der Waals surface area contributed by atoms with E-state index in [0.717, 1.165) is 16.9 Å². The number of nitrogens with one attached hydrogen (secondary N) is 2. The first-order chi connectivity index (χ1) is 11.0. The Kier molecular flexibility index (Phi) is 5.97. The van der Waals surface area contributed by atoms with Crippen molar-refractivity contribution >= 4 is 6.03 Å². The van der Waals surface area contributed by atoms with Crippen molar-refractivity contribution in [3.8, 4) is 5.75 Å². The predicted molar refractivity (Wildman–Crippen MR) is 88.0 cm³/mol. The zero-order valence-corrected chi connectivity index (χ0v) is 13.4. The van der Waals surface area contributed by atoms with E-state index >= 15 is 0 Å². The van der Waals surface area contributed by atoms with Gasteiger partial charge in [0.1, 0.15) is 11.6 Å². The van der Waals surface area contributed by atoms with Crippen LogP contribution in [0, 0.1) is 19.7 Å². The lowest BCUT2D eigenvalue weighted by atomic mass is 10.1. The summed E-state index contributed by atoms with van der Waals surface area (Å²) in [5.41, 5.74) is 3.31. The molecule has 0 fully saturated rings. The first kappa shape index (κ1) is 16.8. The highest BCUT2D eigenvalue weighted by Gasteiger charge is 2.01. The highest BCUT2D eigenvalue weighted by Crippen LogP contribution is 2.15. The third-order valence-electron chi connectivity index (χ3n) is 3.56. The SMILES string of the molecule is Cc1ccc(OCNC(=O)NCCc2ccc(F)cc2)cc1C. The van der Waals surface area contributed by atoms with Gasteiger partial charge in [-0.15, -0.1) is 0 Å². The number of amides is 2. The molecule has 2 rings (SSSR count). The van der Waals surface area contributed by atoms with Crippen LogP contribution in [0.3, 0.4) is 0 Å². The molecule has 0 heterocycles. The molecule has 0 radical (unpaired) electrons. The van der Waals surface area contributed by atoms with E-state index in [1.807, 2.05) is 32.0 Å². The Hall–Kier alpha value is -2.56. The maximum Gasteiger partial charge on any atom is 0.317 e. The Morgan fingerprint density at radius 3 is 2.48 bits per heavy atom. The van der Waals surface area contributed by atoms with Gasteiger partial charge in [-0.05, 0) is 61.2 Å². The molecule has 2 aromatic rings. The molecule has 0 saturated carbocycles. The van der Waals surface area contributed by atoms with E-state index in [1.54, 1.807) is 12.1 Å². The van der Waals surface area contributed by atoms with Gasteiger partial charge in [-0.3, -0.25) is 0 Å². The minimum atomic E-state index is -0.295. The Labute approximate surface area is 135 Å². The van der Waals surface area contributed by atoms with Crippen LogP contribution in [0.25, 0.3) is 0 Å². The van der Waals surface area contributed by atoms with Crippen LogP contribution in [-0.4, -0.2) is 19.3 Å². The zero-order chi connectivity index (χ0) is 16.7. The molecule has 5 heteroatoms. The minimum absolute atomic E-state index is 0.102.